The summed E-state index contributed by atoms with van der Waals surface area (Å²) in [5.41, 5.74) is 4.87. The number of quaternary nitrogens is 1. The van der Waals surface area contributed by atoms with Crippen LogP contribution < -0.4 is 10.2 Å². The maximum atomic E-state index is 5.82. The number of nitrogens with zero attached hydrogens (tertiary/aromatic N) is 1. The Morgan fingerprint density at radius 1 is 1.14 bits per heavy atom. The lowest BCUT2D eigenvalue weighted by molar-refractivity contribution is -0.905. The van der Waals surface area contributed by atoms with Crippen molar-refractivity contribution in [1.29, 1.82) is 0 Å². The van der Waals surface area contributed by atoms with E-state index in [1.807, 2.05) is 12.1 Å². The van der Waals surface area contributed by atoms with E-state index in [0.717, 1.165) is 29.5 Å². The van der Waals surface area contributed by atoms with Gasteiger partial charge in [0.1, 0.15) is 5.76 Å². The predicted molar refractivity (Wildman–Crippen MR) is 120 cm³/mol. The summed E-state index contributed by atoms with van der Waals surface area (Å²) in [7, 11) is 0. The number of thiocarbonyl (C=S) groups is 1. The highest BCUT2D eigenvalue weighted by Crippen LogP contribution is 2.22. The number of likely N-dealkylation sites (tertiary alicyclic amines) is 1. The minimum atomic E-state index is 0.706. The Bertz CT molecular complexity index is 743. The molecule has 2 N–H and O–H groups in total. The molecule has 1 fully saturated rings. The number of rotatable bonds is 7. The molecule has 0 spiro atoms. The first-order chi connectivity index (χ1) is 13.5. The maximum absolute atomic E-state index is 5.82. The first-order valence-corrected chi connectivity index (χ1v) is 10.9. The second kappa shape index (κ2) is 10.1. The van der Waals surface area contributed by atoms with Crippen molar-refractivity contribution in [1.82, 2.24) is 4.90 Å². The average Bonchev–Trinajstić information content (AvgIpc) is 3.17. The summed E-state index contributed by atoms with van der Waals surface area (Å²) in [4.78, 5) is 3.99. The monoisotopic (exact) mass is 400 g/mol. The summed E-state index contributed by atoms with van der Waals surface area (Å²) in [5.74, 6) is 0.951. The third kappa shape index (κ3) is 5.82. The van der Waals surface area contributed by atoms with Crippen LogP contribution >= 0.6 is 12.2 Å². The molecule has 1 aromatic carbocycles. The minimum Gasteiger partial charge on any atom is -0.467 e. The van der Waals surface area contributed by atoms with Gasteiger partial charge in [0.25, 0.3) is 0 Å². The SMILES string of the molecule is Cc1cc(C)c(NC(=S)N(CCC[NH+]2CCCCC2)Cc2ccco2)c(C)c1. The highest BCUT2D eigenvalue weighted by Gasteiger charge is 2.17. The van der Waals surface area contributed by atoms with E-state index in [1.54, 1.807) is 11.2 Å². The fourth-order valence-electron chi connectivity index (χ4n) is 4.23. The molecule has 0 radical (unpaired) electrons. The van der Waals surface area contributed by atoms with Gasteiger partial charge in [0.05, 0.1) is 32.4 Å². The molecule has 2 aromatic rings. The van der Waals surface area contributed by atoms with Gasteiger partial charge in [-0.25, -0.2) is 0 Å². The zero-order valence-electron chi connectivity index (χ0n) is 17.5. The molecular formula is C23H34N3OS+. The molecule has 1 aliphatic rings. The van der Waals surface area contributed by atoms with E-state index in [9.17, 15) is 0 Å². The second-order valence-electron chi connectivity index (χ2n) is 8.12. The van der Waals surface area contributed by atoms with Gasteiger partial charge in [-0.2, -0.15) is 0 Å². The number of furan rings is 1. The Kier molecular flexibility index (Phi) is 7.51. The number of hydrogen-bond acceptors (Lipinski definition) is 2. The van der Waals surface area contributed by atoms with Crippen LogP contribution in [0.5, 0.6) is 0 Å². The van der Waals surface area contributed by atoms with Crippen LogP contribution in [0.25, 0.3) is 0 Å². The molecule has 4 nitrogen and oxygen atoms in total. The number of anilines is 1. The Balaban J connectivity index is 1.64. The smallest absolute Gasteiger partial charge is 0.173 e. The molecule has 0 amide bonds. The zero-order chi connectivity index (χ0) is 19.9. The average molecular weight is 401 g/mol. The van der Waals surface area contributed by atoms with E-state index < -0.39 is 0 Å². The van der Waals surface area contributed by atoms with E-state index in [2.05, 4.69) is 43.1 Å². The van der Waals surface area contributed by atoms with Gasteiger partial charge >= 0.3 is 0 Å². The van der Waals surface area contributed by atoms with Gasteiger partial charge in [-0.05, 0) is 75.5 Å². The summed E-state index contributed by atoms with van der Waals surface area (Å²) >= 11 is 5.82. The van der Waals surface area contributed by atoms with Gasteiger partial charge in [0, 0.05) is 18.7 Å². The normalized spacial score (nSPS) is 14.8. The summed E-state index contributed by atoms with van der Waals surface area (Å²) in [6, 6.07) is 8.37. The van der Waals surface area contributed by atoms with Crippen LogP contribution in [-0.2, 0) is 6.54 Å². The fraction of sp³-hybridized carbons (Fsp3) is 0.522. The molecule has 0 aliphatic carbocycles. The molecular weight excluding hydrogens is 366 g/mol. The van der Waals surface area contributed by atoms with Crippen LogP contribution in [0.4, 0.5) is 5.69 Å². The standard InChI is InChI=1S/C23H33N3OS/c1-18-15-19(2)22(20(3)16-18)24-23(28)26(17-21-9-7-14-27-21)13-8-12-25-10-5-4-6-11-25/h7,9,14-16H,4-6,8,10-13,17H2,1-3H3,(H,24,28)/p+1. The molecule has 0 bridgehead atoms. The van der Waals surface area contributed by atoms with Crippen molar-refractivity contribution in [3.8, 4) is 0 Å². The molecule has 1 aliphatic heterocycles. The molecule has 3 rings (SSSR count). The van der Waals surface area contributed by atoms with Crippen LogP contribution in [-0.4, -0.2) is 36.2 Å². The van der Waals surface area contributed by atoms with Gasteiger partial charge in [0.2, 0.25) is 0 Å². The lowest BCUT2D eigenvalue weighted by Crippen LogP contribution is -3.12. The molecule has 152 valence electrons. The number of piperidine rings is 1. The Morgan fingerprint density at radius 3 is 2.50 bits per heavy atom. The van der Waals surface area contributed by atoms with Crippen LogP contribution in [0.3, 0.4) is 0 Å². The van der Waals surface area contributed by atoms with E-state index >= 15 is 0 Å². The third-order valence-corrected chi connectivity index (χ3v) is 6.00. The minimum absolute atomic E-state index is 0.706. The van der Waals surface area contributed by atoms with Gasteiger partial charge in [0.15, 0.2) is 5.11 Å². The number of benzene rings is 1. The number of aryl methyl sites for hydroxylation is 3. The van der Waals surface area contributed by atoms with E-state index in [0.29, 0.717) is 6.54 Å². The van der Waals surface area contributed by atoms with Gasteiger partial charge in [-0.3, -0.25) is 0 Å². The Morgan fingerprint density at radius 2 is 1.86 bits per heavy atom. The lowest BCUT2D eigenvalue weighted by Gasteiger charge is -2.28. The van der Waals surface area contributed by atoms with Crippen molar-refractivity contribution in [3.63, 3.8) is 0 Å². The Labute approximate surface area is 174 Å². The van der Waals surface area contributed by atoms with Crippen LogP contribution in [0, 0.1) is 20.8 Å². The largest absolute Gasteiger partial charge is 0.467 e. The fourth-order valence-corrected chi connectivity index (χ4v) is 4.49. The van der Waals surface area contributed by atoms with Gasteiger partial charge in [-0.1, -0.05) is 17.7 Å². The van der Waals surface area contributed by atoms with Crippen LogP contribution in [0.1, 0.15) is 48.1 Å². The lowest BCUT2D eigenvalue weighted by atomic mass is 10.1. The number of nitrogens with one attached hydrogen (secondary N) is 2. The molecule has 0 unspecified atom stereocenters. The highest BCUT2D eigenvalue weighted by atomic mass is 32.1. The van der Waals surface area contributed by atoms with Crippen molar-refractivity contribution in [3.05, 3.63) is 53.0 Å². The van der Waals surface area contributed by atoms with E-state index in [4.69, 9.17) is 16.6 Å². The summed E-state index contributed by atoms with van der Waals surface area (Å²) in [6.07, 6.45) is 7.02. The topological polar surface area (TPSA) is 32.9 Å². The Hall–Kier alpha value is -1.85. The van der Waals surface area contributed by atoms with Crippen molar-refractivity contribution in [2.24, 2.45) is 0 Å². The molecule has 2 heterocycles. The first kappa shape index (κ1) is 20.9. The quantitative estimate of drug-likeness (QED) is 0.692. The molecule has 0 saturated carbocycles. The van der Waals surface area contributed by atoms with Crippen molar-refractivity contribution in [2.75, 3.05) is 31.5 Å². The maximum Gasteiger partial charge on any atom is 0.173 e. The molecule has 5 heteroatoms. The van der Waals surface area contributed by atoms with Crippen molar-refractivity contribution >= 4 is 23.0 Å². The van der Waals surface area contributed by atoms with E-state index in [1.165, 1.54) is 55.6 Å². The predicted octanol–water partition coefficient (Wildman–Crippen LogP) is 3.86. The molecule has 0 atom stereocenters. The number of hydrogen-bond donors (Lipinski definition) is 2. The highest BCUT2D eigenvalue weighted by molar-refractivity contribution is 7.80. The van der Waals surface area contributed by atoms with Crippen molar-refractivity contribution in [2.45, 2.75) is 53.0 Å². The second-order valence-corrected chi connectivity index (χ2v) is 8.51. The third-order valence-electron chi connectivity index (χ3n) is 5.64. The van der Waals surface area contributed by atoms with Crippen molar-refractivity contribution < 1.29 is 9.32 Å². The first-order valence-electron chi connectivity index (χ1n) is 10.5. The van der Waals surface area contributed by atoms with E-state index in [-0.39, 0.29) is 0 Å². The molecule has 1 saturated heterocycles. The molecule has 1 aromatic heterocycles. The van der Waals surface area contributed by atoms with Crippen LogP contribution in [0.15, 0.2) is 34.9 Å². The summed E-state index contributed by atoms with van der Waals surface area (Å²) < 4.78 is 5.59. The van der Waals surface area contributed by atoms with Crippen LogP contribution in [0.2, 0.25) is 0 Å². The summed E-state index contributed by atoms with van der Waals surface area (Å²) in [5, 5.41) is 4.29. The van der Waals surface area contributed by atoms with Gasteiger partial charge in [-0.15, -0.1) is 0 Å². The molecule has 28 heavy (non-hydrogen) atoms. The van der Waals surface area contributed by atoms with Gasteiger partial charge < -0.3 is 19.5 Å². The zero-order valence-corrected chi connectivity index (χ0v) is 18.3. The summed E-state index contributed by atoms with van der Waals surface area (Å²) in [6.45, 7) is 11.9.